The molecule has 3 aromatic rings. The molecule has 1 atom stereocenters. The summed E-state index contributed by atoms with van der Waals surface area (Å²) in [7, 11) is -4.39. The van der Waals surface area contributed by atoms with Crippen molar-refractivity contribution in [3.8, 4) is 0 Å². The molecule has 2 fully saturated rings. The van der Waals surface area contributed by atoms with E-state index >= 15 is 0 Å². The maximum absolute atomic E-state index is 14.6. The van der Waals surface area contributed by atoms with Crippen molar-refractivity contribution in [3.05, 3.63) is 88.2 Å². The number of fused-ring (bicyclic) bond motifs is 3. The predicted molar refractivity (Wildman–Crippen MR) is 155 cm³/mol. The van der Waals surface area contributed by atoms with E-state index in [1.807, 2.05) is 12.1 Å². The lowest BCUT2D eigenvalue weighted by molar-refractivity contribution is -0.137. The Labute approximate surface area is 246 Å². The molecule has 222 valence electrons. The van der Waals surface area contributed by atoms with Gasteiger partial charge in [-0.2, -0.15) is 13.2 Å². The van der Waals surface area contributed by atoms with Crippen LogP contribution >= 0.6 is 11.6 Å². The van der Waals surface area contributed by atoms with Gasteiger partial charge >= 0.3 is 6.18 Å². The van der Waals surface area contributed by atoms with Gasteiger partial charge < -0.3 is 9.64 Å². The van der Waals surface area contributed by atoms with E-state index in [1.165, 1.54) is 22.5 Å². The third-order valence-corrected chi connectivity index (χ3v) is 10.2. The second kappa shape index (κ2) is 10.9. The lowest BCUT2D eigenvalue weighted by Gasteiger charge is -2.51. The summed E-state index contributed by atoms with van der Waals surface area (Å²) in [5.74, 6) is -0.486. The second-order valence-corrected chi connectivity index (χ2v) is 13.0. The predicted octanol–water partition coefficient (Wildman–Crippen LogP) is 6.16. The number of allylic oxidation sites excluding steroid dienone is 1. The molecule has 0 N–H and O–H groups in total. The molecular weight excluding hydrogens is 594 g/mol. The quantitative estimate of drug-likeness (QED) is 0.253. The molecule has 0 unspecified atom stereocenters. The molecule has 6 nitrogen and oxygen atoms in total. The summed E-state index contributed by atoms with van der Waals surface area (Å²) in [5, 5.41) is 0.244. The van der Waals surface area contributed by atoms with Gasteiger partial charge in [-0.1, -0.05) is 35.9 Å². The molecule has 2 saturated heterocycles. The Kier molecular flexibility index (Phi) is 7.49. The van der Waals surface area contributed by atoms with E-state index in [0.29, 0.717) is 54.9 Å². The highest BCUT2D eigenvalue weighted by atomic mass is 35.5. The molecule has 3 aliphatic rings. The second-order valence-electron chi connectivity index (χ2n) is 10.8. The minimum absolute atomic E-state index is 0.0565. The zero-order valence-corrected chi connectivity index (χ0v) is 24.2. The summed E-state index contributed by atoms with van der Waals surface area (Å²) in [6, 6.07) is 13.6. The van der Waals surface area contributed by atoms with E-state index in [4.69, 9.17) is 16.3 Å². The topological polar surface area (TPSA) is 53.1 Å². The Morgan fingerprint density at radius 1 is 0.976 bits per heavy atom. The summed E-state index contributed by atoms with van der Waals surface area (Å²) >= 11 is 6.26. The van der Waals surface area contributed by atoms with E-state index in [-0.39, 0.29) is 29.2 Å². The molecular formula is C30H28ClF4N3O3S. The van der Waals surface area contributed by atoms with Crippen LogP contribution in [0.2, 0.25) is 5.02 Å². The SMILES string of the molecule is C/C(=C\c1ccc2c(c1)N(S(=O)(=O)c1cccc(C(F)(F)F)c1)C[C@@H]1CN(C3COC3)CCN21)c1c(F)cccc1Cl. The first-order valence-electron chi connectivity index (χ1n) is 13.5. The summed E-state index contributed by atoms with van der Waals surface area (Å²) in [6.07, 6.45) is -2.99. The number of nitrogens with zero attached hydrogens (tertiary/aromatic N) is 3. The van der Waals surface area contributed by atoms with E-state index in [9.17, 15) is 26.0 Å². The smallest absolute Gasteiger partial charge is 0.378 e. The van der Waals surface area contributed by atoms with Gasteiger partial charge in [0.2, 0.25) is 0 Å². The highest BCUT2D eigenvalue weighted by Crippen LogP contribution is 2.42. The first kappa shape index (κ1) is 29.0. The van der Waals surface area contributed by atoms with Crippen molar-refractivity contribution in [1.29, 1.82) is 0 Å². The van der Waals surface area contributed by atoms with Crippen LogP contribution < -0.4 is 9.21 Å². The van der Waals surface area contributed by atoms with Crippen molar-refractivity contribution in [2.24, 2.45) is 0 Å². The van der Waals surface area contributed by atoms with Gasteiger partial charge in [-0.25, -0.2) is 12.8 Å². The fourth-order valence-corrected chi connectivity index (χ4v) is 7.73. The summed E-state index contributed by atoms with van der Waals surface area (Å²) in [5.41, 5.74) is 1.36. The minimum atomic E-state index is -4.69. The average molecular weight is 622 g/mol. The number of halogens is 5. The fourth-order valence-electron chi connectivity index (χ4n) is 5.87. The summed E-state index contributed by atoms with van der Waals surface area (Å²) in [6.45, 7) is 5.03. The molecule has 3 aliphatic heterocycles. The number of anilines is 2. The molecule has 0 saturated carbocycles. The largest absolute Gasteiger partial charge is 0.416 e. The van der Waals surface area contributed by atoms with Gasteiger partial charge in [-0.3, -0.25) is 9.21 Å². The number of sulfonamides is 1. The molecule has 0 aromatic heterocycles. The number of hydrogen-bond donors (Lipinski definition) is 0. The molecule has 0 bridgehead atoms. The maximum Gasteiger partial charge on any atom is 0.416 e. The molecule has 12 heteroatoms. The first-order valence-corrected chi connectivity index (χ1v) is 15.3. The van der Waals surface area contributed by atoms with Gasteiger partial charge in [-0.05, 0) is 60.5 Å². The van der Waals surface area contributed by atoms with Crippen LogP contribution in [0.4, 0.5) is 28.9 Å². The Bertz CT molecular complexity index is 1640. The molecule has 0 aliphatic carbocycles. The van der Waals surface area contributed by atoms with Crippen LogP contribution in [0.5, 0.6) is 0 Å². The molecule has 3 heterocycles. The number of rotatable bonds is 5. The lowest BCUT2D eigenvalue weighted by atomic mass is 10.00. The Hall–Kier alpha value is -3.12. The third-order valence-electron chi connectivity index (χ3n) is 8.09. The standard InChI is InChI=1S/C30H28ClF4N3O3S/c1-19(29-25(31)6-3-7-26(29)32)12-20-8-9-27-28(13-20)38(16-22-15-36(10-11-37(22)27)23-17-41-18-23)42(39,40)24-5-2-4-21(14-24)30(33,34)35/h2-9,12-14,22-23H,10-11,15-18H2,1H3/b19-12+/t22-/m0/s1. The van der Waals surface area contributed by atoms with E-state index < -0.39 is 32.5 Å². The summed E-state index contributed by atoms with van der Waals surface area (Å²) < 4.78 is 89.8. The molecule has 0 amide bonds. The normalized spacial score (nSPS) is 20.2. The Balaban J connectivity index is 1.43. The first-order chi connectivity index (χ1) is 19.9. The molecule has 3 aromatic carbocycles. The lowest BCUT2D eigenvalue weighted by Crippen LogP contribution is -2.64. The van der Waals surface area contributed by atoms with E-state index in [0.717, 1.165) is 18.7 Å². The number of benzene rings is 3. The van der Waals surface area contributed by atoms with Crippen molar-refractivity contribution >= 4 is 44.6 Å². The van der Waals surface area contributed by atoms with E-state index in [2.05, 4.69) is 9.80 Å². The zero-order chi connectivity index (χ0) is 29.8. The van der Waals surface area contributed by atoms with Crippen LogP contribution in [0.3, 0.4) is 0 Å². The van der Waals surface area contributed by atoms with Gasteiger partial charge in [0, 0.05) is 25.2 Å². The monoisotopic (exact) mass is 621 g/mol. The van der Waals surface area contributed by atoms with Crippen LogP contribution in [0.25, 0.3) is 11.6 Å². The molecule has 6 rings (SSSR count). The highest BCUT2D eigenvalue weighted by molar-refractivity contribution is 7.92. The van der Waals surface area contributed by atoms with Gasteiger partial charge in [0.05, 0.1) is 58.7 Å². The average Bonchev–Trinajstić information content (AvgIpc) is 2.91. The van der Waals surface area contributed by atoms with Crippen molar-refractivity contribution in [2.45, 2.75) is 30.1 Å². The van der Waals surface area contributed by atoms with Crippen LogP contribution in [0.1, 0.15) is 23.6 Å². The third kappa shape index (κ3) is 5.27. The Morgan fingerprint density at radius 3 is 2.43 bits per heavy atom. The molecule has 0 spiro atoms. The zero-order valence-electron chi connectivity index (χ0n) is 22.6. The molecule has 0 radical (unpaired) electrons. The Morgan fingerprint density at radius 2 is 1.74 bits per heavy atom. The molecule has 42 heavy (non-hydrogen) atoms. The van der Waals surface area contributed by atoms with Crippen LogP contribution in [0, 0.1) is 5.82 Å². The number of piperazine rings is 1. The van der Waals surface area contributed by atoms with Crippen molar-refractivity contribution in [2.75, 3.05) is 48.6 Å². The van der Waals surface area contributed by atoms with Crippen molar-refractivity contribution in [1.82, 2.24) is 4.90 Å². The van der Waals surface area contributed by atoms with Gasteiger partial charge in [0.1, 0.15) is 5.82 Å². The fraction of sp³-hybridized carbons (Fsp3) is 0.333. The van der Waals surface area contributed by atoms with Gasteiger partial charge in [-0.15, -0.1) is 0 Å². The van der Waals surface area contributed by atoms with Crippen molar-refractivity contribution in [3.63, 3.8) is 0 Å². The van der Waals surface area contributed by atoms with Crippen LogP contribution in [-0.2, 0) is 20.9 Å². The van der Waals surface area contributed by atoms with E-state index in [1.54, 1.807) is 25.1 Å². The highest BCUT2D eigenvalue weighted by Gasteiger charge is 2.42. The van der Waals surface area contributed by atoms with Crippen LogP contribution in [-0.4, -0.2) is 64.8 Å². The number of ether oxygens (including phenoxy) is 1. The summed E-state index contributed by atoms with van der Waals surface area (Å²) in [4.78, 5) is 4.01. The maximum atomic E-state index is 14.6. The number of alkyl halides is 3. The van der Waals surface area contributed by atoms with Gasteiger partial charge in [0.25, 0.3) is 10.0 Å². The van der Waals surface area contributed by atoms with Crippen molar-refractivity contribution < 1.29 is 30.7 Å². The number of hydrogen-bond acceptors (Lipinski definition) is 5. The minimum Gasteiger partial charge on any atom is -0.378 e. The van der Waals surface area contributed by atoms with Crippen LogP contribution in [0.15, 0.2) is 65.6 Å². The van der Waals surface area contributed by atoms with Gasteiger partial charge in [0.15, 0.2) is 0 Å².